The van der Waals surface area contributed by atoms with Crippen molar-refractivity contribution in [3.05, 3.63) is 12.7 Å². The van der Waals surface area contributed by atoms with Crippen molar-refractivity contribution in [2.24, 2.45) is 0 Å². The largest absolute Gasteiger partial charge is 0.273 e. The number of nitrogens with one attached hydrogen (secondary N) is 1. The van der Waals surface area contributed by atoms with E-state index in [2.05, 4.69) is 6.58 Å². The molecule has 2 nitrogen and oxygen atoms in total. The van der Waals surface area contributed by atoms with Gasteiger partial charge in [-0.05, 0) is 12.8 Å². The monoisotopic (exact) mass is 112 g/mol. The summed E-state index contributed by atoms with van der Waals surface area (Å²) in [5, 5.41) is 0. The van der Waals surface area contributed by atoms with Crippen LogP contribution in [-0.2, 0) is 4.79 Å². The van der Waals surface area contributed by atoms with Gasteiger partial charge in [-0.15, -0.1) is 6.58 Å². The van der Waals surface area contributed by atoms with Gasteiger partial charge in [0.15, 0.2) is 0 Å². The maximum absolute atomic E-state index is 9.95. The van der Waals surface area contributed by atoms with Gasteiger partial charge in [-0.25, -0.2) is 0 Å². The fraction of sp³-hybridized carbons (Fsp3) is 0.500. The van der Waals surface area contributed by atoms with Gasteiger partial charge in [0.25, 0.3) is 0 Å². The van der Waals surface area contributed by atoms with Crippen LogP contribution in [0.5, 0.6) is 0 Å². The van der Waals surface area contributed by atoms with Crippen molar-refractivity contribution < 1.29 is 4.79 Å². The van der Waals surface area contributed by atoms with Gasteiger partial charge in [-0.2, -0.15) is 0 Å². The van der Waals surface area contributed by atoms with Crippen LogP contribution in [-0.4, -0.2) is 5.91 Å². The summed E-state index contributed by atoms with van der Waals surface area (Å²) in [5.74, 6) is -0.480. The number of carbonyl (C=O) groups excluding carboxylic acids is 1. The maximum atomic E-state index is 9.95. The summed E-state index contributed by atoms with van der Waals surface area (Å²) in [6.07, 6.45) is 3.73. The highest BCUT2D eigenvalue weighted by atomic mass is 16.1. The number of carbonyl (C=O) groups is 1. The molecular weight excluding hydrogens is 102 g/mol. The van der Waals surface area contributed by atoms with E-state index < -0.39 is 5.91 Å². The lowest BCUT2D eigenvalue weighted by Gasteiger charge is -1.87. The highest BCUT2D eigenvalue weighted by molar-refractivity contribution is 5.72. The Bertz CT molecular complexity index is 88.5. The number of amides is 1. The van der Waals surface area contributed by atoms with Crippen LogP contribution >= 0.6 is 0 Å². The summed E-state index contributed by atoms with van der Waals surface area (Å²) in [6.45, 7) is 3.49. The van der Waals surface area contributed by atoms with E-state index in [-0.39, 0.29) is 0 Å². The van der Waals surface area contributed by atoms with Gasteiger partial charge in [0.05, 0.1) is 0 Å². The van der Waals surface area contributed by atoms with E-state index in [1.54, 1.807) is 6.08 Å². The molecule has 0 aromatic rings. The molecule has 8 heavy (non-hydrogen) atoms. The molecule has 0 atom stereocenters. The van der Waals surface area contributed by atoms with Crippen LogP contribution in [0.25, 0.3) is 0 Å². The molecule has 0 aromatic heterocycles. The second-order valence-electron chi connectivity index (χ2n) is 1.60. The Morgan fingerprint density at radius 3 is 2.75 bits per heavy atom. The molecule has 1 radical (unpaired) electrons. The van der Waals surface area contributed by atoms with E-state index in [1.807, 2.05) is 0 Å². The second-order valence-corrected chi connectivity index (χ2v) is 1.60. The zero-order valence-electron chi connectivity index (χ0n) is 4.81. The van der Waals surface area contributed by atoms with E-state index in [4.69, 9.17) is 5.73 Å². The fourth-order valence-electron chi connectivity index (χ4n) is 0.407. The molecule has 2 heteroatoms. The van der Waals surface area contributed by atoms with Crippen molar-refractivity contribution in [2.75, 3.05) is 0 Å². The van der Waals surface area contributed by atoms with Gasteiger partial charge >= 0.3 is 0 Å². The lowest BCUT2D eigenvalue weighted by atomic mass is 10.2. The van der Waals surface area contributed by atoms with Gasteiger partial charge in [0.1, 0.15) is 0 Å². The molecule has 0 rings (SSSR count). The first-order chi connectivity index (χ1) is 3.77. The first-order valence-electron chi connectivity index (χ1n) is 2.62. The van der Waals surface area contributed by atoms with Gasteiger partial charge in [0, 0.05) is 6.42 Å². The van der Waals surface area contributed by atoms with Crippen molar-refractivity contribution in [1.82, 2.24) is 5.73 Å². The summed E-state index contributed by atoms with van der Waals surface area (Å²) in [5.41, 5.74) is 6.48. The Labute approximate surface area is 49.4 Å². The van der Waals surface area contributed by atoms with Crippen LogP contribution in [0.3, 0.4) is 0 Å². The molecule has 0 aromatic carbocycles. The molecule has 0 aliphatic rings. The summed E-state index contributed by atoms with van der Waals surface area (Å²) in [7, 11) is 0. The Morgan fingerprint density at radius 1 is 1.75 bits per heavy atom. The quantitative estimate of drug-likeness (QED) is 0.397. The summed E-state index contributed by atoms with van der Waals surface area (Å²) < 4.78 is 0. The summed E-state index contributed by atoms with van der Waals surface area (Å²) >= 11 is 0. The van der Waals surface area contributed by atoms with Gasteiger partial charge in [-0.3, -0.25) is 10.5 Å². The van der Waals surface area contributed by atoms with Crippen molar-refractivity contribution in [3.63, 3.8) is 0 Å². The predicted molar refractivity (Wildman–Crippen MR) is 32.2 cm³/mol. The van der Waals surface area contributed by atoms with Gasteiger partial charge in [0.2, 0.25) is 5.91 Å². The smallest absolute Gasteiger partial charge is 0.238 e. The molecule has 0 heterocycles. The number of unbranched alkanes of at least 4 members (excludes halogenated alkanes) is 1. The number of rotatable bonds is 4. The predicted octanol–water partition coefficient (Wildman–Crippen LogP) is 1.15. The summed E-state index contributed by atoms with van der Waals surface area (Å²) in [4.78, 5) is 9.95. The third-order valence-corrected chi connectivity index (χ3v) is 0.812. The molecule has 0 unspecified atom stereocenters. The molecule has 0 saturated carbocycles. The normalized spacial score (nSPS) is 8.50. The topological polar surface area (TPSA) is 40.9 Å². The molecule has 0 spiro atoms. The fourth-order valence-corrected chi connectivity index (χ4v) is 0.407. The molecule has 0 saturated heterocycles. The maximum Gasteiger partial charge on any atom is 0.238 e. The van der Waals surface area contributed by atoms with Crippen LogP contribution < -0.4 is 5.73 Å². The second kappa shape index (κ2) is 4.37. The SMILES string of the molecule is C=CCCCC([NH])=O. The van der Waals surface area contributed by atoms with Crippen molar-refractivity contribution >= 4 is 5.91 Å². The van der Waals surface area contributed by atoms with Crippen LogP contribution in [0.15, 0.2) is 12.7 Å². The Morgan fingerprint density at radius 2 is 2.38 bits per heavy atom. The molecule has 45 valence electrons. The van der Waals surface area contributed by atoms with E-state index in [0.717, 1.165) is 12.8 Å². The molecule has 0 bridgehead atoms. The van der Waals surface area contributed by atoms with E-state index in [0.29, 0.717) is 6.42 Å². The van der Waals surface area contributed by atoms with Crippen LogP contribution in [0.1, 0.15) is 19.3 Å². The van der Waals surface area contributed by atoms with Crippen LogP contribution in [0.2, 0.25) is 0 Å². The Hall–Kier alpha value is -0.790. The van der Waals surface area contributed by atoms with Gasteiger partial charge in [-0.1, -0.05) is 6.08 Å². The Kier molecular flexibility index (Phi) is 3.94. The van der Waals surface area contributed by atoms with Gasteiger partial charge < -0.3 is 0 Å². The minimum Gasteiger partial charge on any atom is -0.273 e. The lowest BCUT2D eigenvalue weighted by Crippen LogP contribution is -1.95. The van der Waals surface area contributed by atoms with Crippen LogP contribution in [0, 0.1) is 0 Å². The van der Waals surface area contributed by atoms with Crippen molar-refractivity contribution in [1.29, 1.82) is 0 Å². The molecule has 0 aliphatic carbocycles. The standard InChI is InChI=1S/C6H10NO/c1-2-3-4-5-6(7)8/h2,7H,1,3-5H2. The minimum absolute atomic E-state index is 0.367. The number of allylic oxidation sites excluding steroid dienone is 1. The average molecular weight is 112 g/mol. The molecule has 0 fully saturated rings. The first kappa shape index (κ1) is 7.21. The third kappa shape index (κ3) is 5.21. The molecule has 1 amide bonds. The Balaban J connectivity index is 2.93. The van der Waals surface area contributed by atoms with Crippen molar-refractivity contribution in [3.8, 4) is 0 Å². The van der Waals surface area contributed by atoms with E-state index in [9.17, 15) is 4.79 Å². The highest BCUT2D eigenvalue weighted by Crippen LogP contribution is 1.93. The third-order valence-electron chi connectivity index (χ3n) is 0.812. The van der Waals surface area contributed by atoms with E-state index >= 15 is 0 Å². The zero-order valence-corrected chi connectivity index (χ0v) is 4.81. The number of hydrogen-bond acceptors (Lipinski definition) is 1. The molecule has 1 N–H and O–H groups in total. The van der Waals surface area contributed by atoms with Crippen molar-refractivity contribution in [2.45, 2.75) is 19.3 Å². The number of hydrogen-bond donors (Lipinski definition) is 0. The van der Waals surface area contributed by atoms with E-state index in [1.165, 1.54) is 0 Å². The van der Waals surface area contributed by atoms with Crippen LogP contribution in [0.4, 0.5) is 0 Å². The minimum atomic E-state index is -0.480. The molecular formula is C6H10NO. The zero-order chi connectivity index (χ0) is 6.41. The summed E-state index contributed by atoms with van der Waals surface area (Å²) in [6, 6.07) is 0. The lowest BCUT2D eigenvalue weighted by molar-refractivity contribution is -0.118. The highest BCUT2D eigenvalue weighted by Gasteiger charge is 1.90. The average Bonchev–Trinajstić information content (AvgIpc) is 1.66. The molecule has 0 aliphatic heterocycles. The first-order valence-corrected chi connectivity index (χ1v) is 2.62.